The second-order valence-corrected chi connectivity index (χ2v) is 9.26. The molecule has 4 aromatic rings. The highest BCUT2D eigenvalue weighted by molar-refractivity contribution is 6.30. The van der Waals surface area contributed by atoms with Crippen molar-refractivity contribution in [2.45, 2.75) is 32.7 Å². The number of nitrogens with zero attached hydrogens (tertiary/aromatic N) is 6. The van der Waals surface area contributed by atoms with E-state index in [0.717, 1.165) is 31.7 Å². The predicted molar refractivity (Wildman–Crippen MR) is 135 cm³/mol. The molecular formula is C25H28ClN7O2. The topological polar surface area (TPSA) is 90.0 Å². The zero-order valence-corrected chi connectivity index (χ0v) is 20.4. The highest BCUT2D eigenvalue weighted by Crippen LogP contribution is 2.25. The first kappa shape index (κ1) is 23.3. The predicted octanol–water partition coefficient (Wildman–Crippen LogP) is 2.94. The highest BCUT2D eigenvalue weighted by Gasteiger charge is 2.22. The SMILES string of the molecule is Cc1nn(CC(=O)NCCCN2CCCC2)c(=O)c2c(-n3cccc3)n(-c3ccc(Cl)cc3)nc12. The Hall–Kier alpha value is -3.43. The lowest BCUT2D eigenvalue weighted by atomic mass is 10.2. The van der Waals surface area contributed by atoms with Gasteiger partial charge in [0, 0.05) is 24.0 Å². The molecule has 1 aromatic carbocycles. The molecule has 1 aliphatic rings. The summed E-state index contributed by atoms with van der Waals surface area (Å²) in [5.41, 5.74) is 1.47. The van der Waals surface area contributed by atoms with Gasteiger partial charge in [-0.25, -0.2) is 9.36 Å². The van der Waals surface area contributed by atoms with Gasteiger partial charge in [0.05, 0.1) is 11.4 Å². The van der Waals surface area contributed by atoms with Crippen LogP contribution < -0.4 is 10.9 Å². The van der Waals surface area contributed by atoms with Crippen molar-refractivity contribution in [3.63, 3.8) is 0 Å². The summed E-state index contributed by atoms with van der Waals surface area (Å²) in [6.45, 7) is 5.49. The fourth-order valence-corrected chi connectivity index (χ4v) is 4.70. The minimum atomic E-state index is -0.360. The first-order valence-corrected chi connectivity index (χ1v) is 12.3. The molecule has 0 bridgehead atoms. The van der Waals surface area contributed by atoms with Crippen LogP contribution in [0.1, 0.15) is 25.0 Å². The van der Waals surface area contributed by atoms with Gasteiger partial charge in [0.25, 0.3) is 5.56 Å². The number of benzene rings is 1. The average Bonchev–Trinajstić information content (AvgIpc) is 3.61. The maximum absolute atomic E-state index is 13.6. The van der Waals surface area contributed by atoms with E-state index >= 15 is 0 Å². The van der Waals surface area contributed by atoms with E-state index in [4.69, 9.17) is 16.7 Å². The number of rotatable bonds is 8. The number of hydrogen-bond donors (Lipinski definition) is 1. The van der Waals surface area contributed by atoms with Crippen molar-refractivity contribution in [2.75, 3.05) is 26.2 Å². The van der Waals surface area contributed by atoms with Crippen molar-refractivity contribution < 1.29 is 4.79 Å². The number of hydrogen-bond acceptors (Lipinski definition) is 5. The van der Waals surface area contributed by atoms with Crippen LogP contribution in [0, 0.1) is 6.92 Å². The lowest BCUT2D eigenvalue weighted by molar-refractivity contribution is -0.121. The summed E-state index contributed by atoms with van der Waals surface area (Å²) in [5.74, 6) is 0.356. The number of nitrogens with one attached hydrogen (secondary N) is 1. The molecule has 182 valence electrons. The molecular weight excluding hydrogens is 466 g/mol. The minimum Gasteiger partial charge on any atom is -0.354 e. The molecule has 0 unspecified atom stereocenters. The van der Waals surface area contributed by atoms with Crippen LogP contribution in [0.4, 0.5) is 0 Å². The third kappa shape index (κ3) is 4.87. The molecule has 1 amide bonds. The van der Waals surface area contributed by atoms with Crippen LogP contribution in [-0.2, 0) is 11.3 Å². The van der Waals surface area contributed by atoms with E-state index in [0.29, 0.717) is 34.0 Å². The third-order valence-electron chi connectivity index (χ3n) is 6.31. The Morgan fingerprint density at radius 1 is 1.09 bits per heavy atom. The van der Waals surface area contributed by atoms with E-state index in [1.54, 1.807) is 23.7 Å². The molecule has 10 heteroatoms. The summed E-state index contributed by atoms with van der Waals surface area (Å²) >= 11 is 6.08. The average molecular weight is 494 g/mol. The van der Waals surface area contributed by atoms with Crippen LogP contribution in [0.3, 0.4) is 0 Å². The van der Waals surface area contributed by atoms with E-state index in [2.05, 4.69) is 15.3 Å². The van der Waals surface area contributed by atoms with Gasteiger partial charge in [-0.05, 0) is 82.2 Å². The molecule has 35 heavy (non-hydrogen) atoms. The van der Waals surface area contributed by atoms with Gasteiger partial charge in [-0.1, -0.05) is 11.6 Å². The van der Waals surface area contributed by atoms with Gasteiger partial charge in [0.2, 0.25) is 5.91 Å². The van der Waals surface area contributed by atoms with Crippen LogP contribution in [0.5, 0.6) is 0 Å². The molecule has 9 nitrogen and oxygen atoms in total. The number of likely N-dealkylation sites (tertiary alicyclic amines) is 1. The molecule has 0 saturated carbocycles. The fraction of sp³-hybridized carbons (Fsp3) is 0.360. The third-order valence-corrected chi connectivity index (χ3v) is 6.56. The van der Waals surface area contributed by atoms with E-state index in [9.17, 15) is 9.59 Å². The Morgan fingerprint density at radius 2 is 1.80 bits per heavy atom. The largest absolute Gasteiger partial charge is 0.354 e. The van der Waals surface area contributed by atoms with Crippen molar-refractivity contribution in [2.24, 2.45) is 0 Å². The number of aromatic nitrogens is 5. The second kappa shape index (κ2) is 10.1. The number of aryl methyl sites for hydroxylation is 1. The Kier molecular flexibility index (Phi) is 6.70. The van der Waals surface area contributed by atoms with E-state index < -0.39 is 0 Å². The summed E-state index contributed by atoms with van der Waals surface area (Å²) in [6.07, 6.45) is 7.10. The van der Waals surface area contributed by atoms with Crippen LogP contribution in [-0.4, -0.2) is 61.1 Å². The molecule has 0 atom stereocenters. The van der Waals surface area contributed by atoms with E-state index in [1.807, 2.05) is 41.2 Å². The molecule has 0 aliphatic carbocycles. The van der Waals surface area contributed by atoms with Crippen LogP contribution in [0.2, 0.25) is 5.02 Å². The maximum Gasteiger partial charge on any atom is 0.280 e. The summed E-state index contributed by atoms with van der Waals surface area (Å²) in [5, 5.41) is 13.1. The van der Waals surface area contributed by atoms with Gasteiger partial charge in [0.15, 0.2) is 5.82 Å². The van der Waals surface area contributed by atoms with Crippen molar-refractivity contribution in [3.05, 3.63) is 69.9 Å². The van der Waals surface area contributed by atoms with Gasteiger partial charge in [-0.2, -0.15) is 10.2 Å². The summed E-state index contributed by atoms with van der Waals surface area (Å²) < 4.78 is 4.78. The Labute approximate surface area is 207 Å². The molecule has 1 fully saturated rings. The first-order valence-electron chi connectivity index (χ1n) is 11.9. The van der Waals surface area contributed by atoms with Crippen molar-refractivity contribution >= 4 is 28.4 Å². The standard InChI is InChI=1S/C25H28ClN7O2/c1-18-23-22(24(31-15-4-5-16-31)33(29-23)20-9-7-19(26)8-10-20)25(35)32(28-18)17-21(34)27-11-6-14-30-12-2-3-13-30/h4-5,7-10,15-16H,2-3,6,11-14,17H2,1H3,(H,27,34). The Balaban J connectivity index is 1.45. The zero-order chi connectivity index (χ0) is 24.4. The lowest BCUT2D eigenvalue weighted by Gasteiger charge is -2.14. The van der Waals surface area contributed by atoms with Gasteiger partial charge >= 0.3 is 0 Å². The normalized spacial score (nSPS) is 14.1. The Morgan fingerprint density at radius 3 is 2.51 bits per heavy atom. The van der Waals surface area contributed by atoms with Gasteiger partial charge < -0.3 is 14.8 Å². The monoisotopic (exact) mass is 493 g/mol. The second-order valence-electron chi connectivity index (χ2n) is 8.83. The smallest absolute Gasteiger partial charge is 0.280 e. The summed E-state index contributed by atoms with van der Waals surface area (Å²) in [7, 11) is 0. The minimum absolute atomic E-state index is 0.142. The van der Waals surface area contributed by atoms with E-state index in [1.165, 1.54) is 17.5 Å². The fourth-order valence-electron chi connectivity index (χ4n) is 4.57. The van der Waals surface area contributed by atoms with Crippen LogP contribution in [0.25, 0.3) is 22.4 Å². The zero-order valence-electron chi connectivity index (χ0n) is 19.7. The first-order chi connectivity index (χ1) is 17.0. The van der Waals surface area contributed by atoms with Gasteiger partial charge in [0.1, 0.15) is 17.4 Å². The van der Waals surface area contributed by atoms with Gasteiger partial charge in [-0.3, -0.25) is 9.59 Å². The molecule has 1 N–H and O–H groups in total. The molecule has 0 spiro atoms. The van der Waals surface area contributed by atoms with Crippen LogP contribution in [0.15, 0.2) is 53.6 Å². The number of carbonyl (C=O) groups is 1. The van der Waals surface area contributed by atoms with Crippen molar-refractivity contribution in [1.82, 2.24) is 34.3 Å². The molecule has 1 aliphatic heterocycles. The maximum atomic E-state index is 13.6. The summed E-state index contributed by atoms with van der Waals surface area (Å²) in [6, 6.07) is 11.0. The van der Waals surface area contributed by atoms with Crippen molar-refractivity contribution in [1.29, 1.82) is 0 Å². The number of carbonyl (C=O) groups excluding carboxylic acids is 1. The van der Waals surface area contributed by atoms with E-state index in [-0.39, 0.29) is 18.0 Å². The molecule has 4 heterocycles. The molecule has 1 saturated heterocycles. The summed E-state index contributed by atoms with van der Waals surface area (Å²) in [4.78, 5) is 28.6. The Bertz CT molecular complexity index is 1380. The molecule has 5 rings (SSSR count). The lowest BCUT2D eigenvalue weighted by Crippen LogP contribution is -2.35. The molecule has 3 aromatic heterocycles. The van der Waals surface area contributed by atoms with Crippen molar-refractivity contribution in [3.8, 4) is 11.5 Å². The van der Waals surface area contributed by atoms with Gasteiger partial charge in [-0.15, -0.1) is 0 Å². The number of amides is 1. The highest BCUT2D eigenvalue weighted by atomic mass is 35.5. The van der Waals surface area contributed by atoms with Crippen LogP contribution >= 0.6 is 11.6 Å². The molecule has 0 radical (unpaired) electrons. The number of fused-ring (bicyclic) bond motifs is 1. The quantitative estimate of drug-likeness (QED) is 0.381. The number of halogens is 1.